The van der Waals surface area contributed by atoms with Crippen molar-refractivity contribution in [1.82, 2.24) is 5.32 Å². The summed E-state index contributed by atoms with van der Waals surface area (Å²) in [6, 6.07) is -0.826. The molecule has 0 saturated carbocycles. The zero-order chi connectivity index (χ0) is 53.8. The standard InChI is InChI=1S/C63H119NO10/c1-3-5-7-9-11-13-15-30-33-37-41-45-49-56(66)55(54-73-63-62(71)61(70)60(69)57(53-65)74-63)64-58(67)50-46-42-38-34-31-27-25-23-21-19-17-16-18-20-22-24-26-28-32-36-40-44-48-52-72-59(68)51-47-43-39-35-29-14-12-10-8-6-4-2/h30,33,45,49,55-57,60-63,65-66,69-71H,3-29,31-32,34-44,46-48,50-54H2,1-2H3,(H,64,67)/b33-30+,49-45+. The van der Waals surface area contributed by atoms with Gasteiger partial charge >= 0.3 is 5.97 Å². The lowest BCUT2D eigenvalue weighted by molar-refractivity contribution is -0.302. The van der Waals surface area contributed by atoms with Crippen molar-refractivity contribution in [3.8, 4) is 0 Å². The molecule has 0 spiro atoms. The van der Waals surface area contributed by atoms with Crippen LogP contribution in [0.1, 0.15) is 303 Å². The summed E-state index contributed by atoms with van der Waals surface area (Å²) in [6.45, 7) is 4.33. The van der Waals surface area contributed by atoms with Gasteiger partial charge in [0.15, 0.2) is 6.29 Å². The van der Waals surface area contributed by atoms with E-state index in [0.29, 0.717) is 19.4 Å². The van der Waals surface area contributed by atoms with Crippen LogP contribution in [0.4, 0.5) is 0 Å². The summed E-state index contributed by atoms with van der Waals surface area (Å²) >= 11 is 0. The molecule has 436 valence electrons. The van der Waals surface area contributed by atoms with Crippen molar-refractivity contribution in [3.63, 3.8) is 0 Å². The van der Waals surface area contributed by atoms with Gasteiger partial charge in [-0.25, -0.2) is 0 Å². The number of hydrogen-bond donors (Lipinski definition) is 6. The van der Waals surface area contributed by atoms with Crippen molar-refractivity contribution >= 4 is 11.9 Å². The number of aliphatic hydroxyl groups is 5. The summed E-state index contributed by atoms with van der Waals surface area (Å²) in [6.07, 6.45) is 54.3. The molecule has 1 fully saturated rings. The zero-order valence-electron chi connectivity index (χ0n) is 48.1. The minimum absolute atomic E-state index is 0.00216. The molecule has 1 saturated heterocycles. The van der Waals surface area contributed by atoms with Crippen LogP contribution >= 0.6 is 0 Å². The Morgan fingerprint density at radius 1 is 0.486 bits per heavy atom. The number of hydrogen-bond acceptors (Lipinski definition) is 10. The van der Waals surface area contributed by atoms with E-state index >= 15 is 0 Å². The Bertz CT molecular complexity index is 1280. The zero-order valence-corrected chi connectivity index (χ0v) is 48.1. The quantitative estimate of drug-likeness (QED) is 0.0195. The van der Waals surface area contributed by atoms with E-state index in [2.05, 4.69) is 31.3 Å². The molecule has 11 nitrogen and oxygen atoms in total. The maximum atomic E-state index is 13.0. The van der Waals surface area contributed by atoms with E-state index in [9.17, 15) is 35.1 Å². The summed E-state index contributed by atoms with van der Waals surface area (Å²) in [5.41, 5.74) is 0. The van der Waals surface area contributed by atoms with Crippen LogP contribution in [0.25, 0.3) is 0 Å². The highest BCUT2D eigenvalue weighted by molar-refractivity contribution is 5.76. The van der Waals surface area contributed by atoms with Gasteiger partial charge in [0, 0.05) is 12.8 Å². The average molecular weight is 1050 g/mol. The van der Waals surface area contributed by atoms with Crippen LogP contribution in [0.5, 0.6) is 0 Å². The molecular weight excluding hydrogens is 931 g/mol. The lowest BCUT2D eigenvalue weighted by Gasteiger charge is -2.40. The molecule has 7 atom stereocenters. The maximum absolute atomic E-state index is 13.0. The highest BCUT2D eigenvalue weighted by Crippen LogP contribution is 2.23. The van der Waals surface area contributed by atoms with Crippen LogP contribution in [0.3, 0.4) is 0 Å². The van der Waals surface area contributed by atoms with Crippen LogP contribution in [0, 0.1) is 0 Å². The molecule has 1 heterocycles. The predicted molar refractivity (Wildman–Crippen MR) is 306 cm³/mol. The van der Waals surface area contributed by atoms with Gasteiger partial charge in [-0.15, -0.1) is 0 Å². The number of nitrogens with one attached hydrogen (secondary N) is 1. The van der Waals surface area contributed by atoms with Gasteiger partial charge in [-0.05, 0) is 44.9 Å². The average Bonchev–Trinajstić information content (AvgIpc) is 3.40. The number of amides is 1. The highest BCUT2D eigenvalue weighted by Gasteiger charge is 2.44. The molecule has 0 aromatic heterocycles. The van der Waals surface area contributed by atoms with Crippen LogP contribution < -0.4 is 5.32 Å². The number of ether oxygens (including phenoxy) is 3. The molecule has 1 aliphatic heterocycles. The van der Waals surface area contributed by atoms with Crippen LogP contribution in [0.2, 0.25) is 0 Å². The molecule has 0 aromatic rings. The molecule has 6 N–H and O–H groups in total. The maximum Gasteiger partial charge on any atom is 0.305 e. The van der Waals surface area contributed by atoms with E-state index in [1.54, 1.807) is 6.08 Å². The fourth-order valence-electron chi connectivity index (χ4n) is 10.0. The SMILES string of the molecule is CCCCCCCC/C=C/CC/C=C/C(O)C(COC1OC(CO)C(O)C(O)C1O)NC(=O)CCCCCCCCCCCCCCCCCCCCCCCCCOC(=O)CCCCCCCCCCCCC. The minimum Gasteiger partial charge on any atom is -0.466 e. The Balaban J connectivity index is 2.03. The van der Waals surface area contributed by atoms with Gasteiger partial charge in [0.1, 0.15) is 24.4 Å². The van der Waals surface area contributed by atoms with E-state index in [0.717, 1.165) is 57.8 Å². The third-order valence-corrected chi connectivity index (χ3v) is 15.1. The van der Waals surface area contributed by atoms with Gasteiger partial charge in [0.25, 0.3) is 0 Å². The van der Waals surface area contributed by atoms with E-state index in [1.165, 1.54) is 218 Å². The molecule has 1 amide bonds. The summed E-state index contributed by atoms with van der Waals surface area (Å²) in [4.78, 5) is 25.0. The number of allylic oxidation sites excluding steroid dienone is 3. The third kappa shape index (κ3) is 42.2. The topological polar surface area (TPSA) is 175 Å². The van der Waals surface area contributed by atoms with Gasteiger partial charge in [0.2, 0.25) is 5.91 Å². The second kappa shape index (κ2) is 53.2. The van der Waals surface area contributed by atoms with Gasteiger partial charge < -0.3 is 45.1 Å². The fourth-order valence-corrected chi connectivity index (χ4v) is 10.0. The third-order valence-electron chi connectivity index (χ3n) is 15.1. The second-order valence-corrected chi connectivity index (χ2v) is 22.1. The van der Waals surface area contributed by atoms with Crippen molar-refractivity contribution in [2.45, 2.75) is 346 Å². The van der Waals surface area contributed by atoms with E-state index in [4.69, 9.17) is 14.2 Å². The number of esters is 1. The first kappa shape index (κ1) is 70.2. The normalized spacial score (nSPS) is 18.9. The first-order valence-electron chi connectivity index (χ1n) is 31.6. The number of aliphatic hydroxyl groups excluding tert-OH is 5. The first-order chi connectivity index (χ1) is 36.2. The fraction of sp³-hybridized carbons (Fsp3) is 0.905. The first-order valence-corrected chi connectivity index (χ1v) is 31.6. The van der Waals surface area contributed by atoms with E-state index < -0.39 is 49.5 Å². The highest BCUT2D eigenvalue weighted by atomic mass is 16.7. The molecule has 11 heteroatoms. The van der Waals surface area contributed by atoms with Crippen molar-refractivity contribution in [2.24, 2.45) is 0 Å². The predicted octanol–water partition coefficient (Wildman–Crippen LogP) is 14.9. The van der Waals surface area contributed by atoms with Crippen LogP contribution in [0.15, 0.2) is 24.3 Å². The van der Waals surface area contributed by atoms with Crippen molar-refractivity contribution in [1.29, 1.82) is 0 Å². The Hall–Kier alpha value is -1.86. The Morgan fingerprint density at radius 2 is 0.878 bits per heavy atom. The summed E-state index contributed by atoms with van der Waals surface area (Å²) < 4.78 is 16.7. The van der Waals surface area contributed by atoms with Crippen molar-refractivity contribution in [3.05, 3.63) is 24.3 Å². The van der Waals surface area contributed by atoms with Crippen LogP contribution in [-0.2, 0) is 23.8 Å². The smallest absolute Gasteiger partial charge is 0.305 e. The Morgan fingerprint density at radius 3 is 1.34 bits per heavy atom. The lowest BCUT2D eigenvalue weighted by atomic mass is 9.99. The van der Waals surface area contributed by atoms with Gasteiger partial charge in [-0.2, -0.15) is 0 Å². The van der Waals surface area contributed by atoms with E-state index in [1.807, 2.05) is 6.08 Å². The number of rotatable bonds is 55. The summed E-state index contributed by atoms with van der Waals surface area (Å²) in [5.74, 6) is -0.189. The second-order valence-electron chi connectivity index (χ2n) is 22.1. The van der Waals surface area contributed by atoms with Crippen molar-refractivity contribution in [2.75, 3.05) is 19.8 Å². The van der Waals surface area contributed by atoms with Crippen LogP contribution in [-0.4, -0.2) is 100 Å². The largest absolute Gasteiger partial charge is 0.466 e. The molecule has 0 aromatic carbocycles. The number of unbranched alkanes of at least 4 members (excludes halogenated alkanes) is 39. The van der Waals surface area contributed by atoms with Gasteiger partial charge in [0.05, 0.1) is 32.0 Å². The van der Waals surface area contributed by atoms with Gasteiger partial charge in [-0.3, -0.25) is 9.59 Å². The molecule has 1 aliphatic rings. The molecule has 74 heavy (non-hydrogen) atoms. The number of carbonyl (C=O) groups excluding carboxylic acids is 2. The molecule has 0 radical (unpaired) electrons. The molecule has 0 aliphatic carbocycles. The number of carbonyl (C=O) groups is 2. The molecular formula is C63H119NO10. The minimum atomic E-state index is -1.58. The lowest BCUT2D eigenvalue weighted by Crippen LogP contribution is -2.60. The molecule has 7 unspecified atom stereocenters. The molecule has 1 rings (SSSR count). The Labute approximate surface area is 454 Å². The van der Waals surface area contributed by atoms with E-state index in [-0.39, 0.29) is 18.5 Å². The van der Waals surface area contributed by atoms with Gasteiger partial charge in [-0.1, -0.05) is 269 Å². The van der Waals surface area contributed by atoms with Crippen molar-refractivity contribution < 1.29 is 49.3 Å². The molecule has 0 bridgehead atoms. The monoisotopic (exact) mass is 1050 g/mol. The summed E-state index contributed by atoms with van der Waals surface area (Å²) in [7, 11) is 0. The Kier molecular flexibility index (Phi) is 50.4. The summed E-state index contributed by atoms with van der Waals surface area (Å²) in [5, 5.41) is 54.3.